The Morgan fingerprint density at radius 1 is 1.21 bits per heavy atom. The first-order valence-electron chi connectivity index (χ1n) is 6.83. The van der Waals surface area contributed by atoms with Gasteiger partial charge >= 0.3 is 0 Å². The van der Waals surface area contributed by atoms with E-state index in [4.69, 9.17) is 5.73 Å². The lowest BCUT2D eigenvalue weighted by molar-refractivity contribution is -0.385. The van der Waals surface area contributed by atoms with Gasteiger partial charge in [-0.25, -0.2) is 0 Å². The third-order valence-corrected chi connectivity index (χ3v) is 4.33. The minimum Gasteiger partial charge on any atom is -0.325 e. The van der Waals surface area contributed by atoms with Gasteiger partial charge in [0.2, 0.25) is 0 Å². The maximum absolute atomic E-state index is 11.0. The molecule has 1 fully saturated rings. The van der Waals surface area contributed by atoms with Crippen molar-refractivity contribution in [2.45, 2.75) is 51.5 Å². The second-order valence-corrected chi connectivity index (χ2v) is 6.59. The van der Waals surface area contributed by atoms with Crippen LogP contribution in [-0.4, -0.2) is 10.5 Å². The van der Waals surface area contributed by atoms with Crippen LogP contribution in [0.5, 0.6) is 0 Å². The summed E-state index contributed by atoms with van der Waals surface area (Å²) >= 11 is 0. The summed E-state index contributed by atoms with van der Waals surface area (Å²) in [6.07, 6.45) is 4.65. The molecule has 0 aromatic heterocycles. The van der Waals surface area contributed by atoms with Crippen molar-refractivity contribution in [1.82, 2.24) is 0 Å². The molecule has 0 unspecified atom stereocenters. The Labute approximate surface area is 114 Å². The fraction of sp³-hybridized carbons (Fsp3) is 0.600. The molecule has 0 heterocycles. The molecular weight excluding hydrogens is 240 g/mol. The highest BCUT2D eigenvalue weighted by molar-refractivity contribution is 5.41. The molecule has 0 aliphatic heterocycles. The molecule has 19 heavy (non-hydrogen) atoms. The maximum atomic E-state index is 11.0. The Hall–Kier alpha value is -1.42. The highest BCUT2D eigenvalue weighted by atomic mass is 16.6. The van der Waals surface area contributed by atoms with Crippen LogP contribution in [0, 0.1) is 15.5 Å². The van der Waals surface area contributed by atoms with Crippen molar-refractivity contribution in [2.75, 3.05) is 0 Å². The van der Waals surface area contributed by atoms with Gasteiger partial charge in [0.05, 0.1) is 4.92 Å². The van der Waals surface area contributed by atoms with Crippen molar-refractivity contribution in [3.8, 4) is 0 Å². The van der Waals surface area contributed by atoms with Gasteiger partial charge in [-0.05, 0) is 37.5 Å². The molecule has 4 heteroatoms. The van der Waals surface area contributed by atoms with E-state index in [9.17, 15) is 10.1 Å². The predicted octanol–water partition coefficient (Wildman–Crippen LogP) is 3.44. The zero-order valence-electron chi connectivity index (χ0n) is 11.7. The third-order valence-electron chi connectivity index (χ3n) is 4.33. The van der Waals surface area contributed by atoms with Gasteiger partial charge in [-0.15, -0.1) is 0 Å². The number of hydrogen-bond donors (Lipinski definition) is 1. The smallest absolute Gasteiger partial charge is 0.272 e. The average molecular weight is 262 g/mol. The number of para-hydroxylation sites is 1. The summed E-state index contributed by atoms with van der Waals surface area (Å²) in [5.74, 6) is 0. The monoisotopic (exact) mass is 262 g/mol. The Morgan fingerprint density at radius 3 is 2.37 bits per heavy atom. The van der Waals surface area contributed by atoms with Crippen LogP contribution in [-0.2, 0) is 6.42 Å². The van der Waals surface area contributed by atoms with Gasteiger partial charge in [0.1, 0.15) is 0 Å². The number of nitrogens with two attached hydrogens (primary N) is 1. The quantitative estimate of drug-likeness (QED) is 0.670. The summed E-state index contributed by atoms with van der Waals surface area (Å²) in [7, 11) is 0. The summed E-state index contributed by atoms with van der Waals surface area (Å²) in [4.78, 5) is 10.7. The Kier molecular flexibility index (Phi) is 3.63. The van der Waals surface area contributed by atoms with Crippen LogP contribution < -0.4 is 5.73 Å². The minimum atomic E-state index is -0.314. The molecule has 0 bridgehead atoms. The molecule has 1 saturated carbocycles. The fourth-order valence-electron chi connectivity index (χ4n) is 2.82. The molecule has 0 atom stereocenters. The van der Waals surface area contributed by atoms with Crippen molar-refractivity contribution >= 4 is 5.69 Å². The molecule has 2 N–H and O–H groups in total. The van der Waals surface area contributed by atoms with E-state index in [1.807, 2.05) is 12.1 Å². The molecule has 0 radical (unpaired) electrons. The zero-order chi connectivity index (χ0) is 14.1. The first-order chi connectivity index (χ1) is 8.81. The van der Waals surface area contributed by atoms with E-state index in [1.165, 1.54) is 0 Å². The SMILES string of the molecule is CC1(C)CCC(N)(Cc2ccccc2[N+](=O)[O-])CC1. The lowest BCUT2D eigenvalue weighted by Crippen LogP contribution is -2.46. The predicted molar refractivity (Wildman–Crippen MR) is 76.0 cm³/mol. The number of nitrogens with zero attached hydrogens (tertiary/aromatic N) is 1. The van der Waals surface area contributed by atoms with Crippen LogP contribution >= 0.6 is 0 Å². The van der Waals surface area contributed by atoms with Crippen LogP contribution in [0.4, 0.5) is 5.69 Å². The van der Waals surface area contributed by atoms with Crippen molar-refractivity contribution < 1.29 is 4.92 Å². The van der Waals surface area contributed by atoms with Gasteiger partial charge in [-0.2, -0.15) is 0 Å². The molecular formula is C15H22N2O2. The first kappa shape index (κ1) is 14.0. The highest BCUT2D eigenvalue weighted by Crippen LogP contribution is 2.41. The molecule has 1 aliphatic carbocycles. The van der Waals surface area contributed by atoms with Gasteiger partial charge < -0.3 is 5.73 Å². The molecule has 1 aliphatic rings. The normalized spacial score (nSPS) is 21.0. The van der Waals surface area contributed by atoms with Gasteiger partial charge in [0.15, 0.2) is 0 Å². The molecule has 0 amide bonds. The summed E-state index contributed by atoms with van der Waals surface area (Å²) < 4.78 is 0. The molecule has 104 valence electrons. The second-order valence-electron chi connectivity index (χ2n) is 6.59. The molecule has 4 nitrogen and oxygen atoms in total. The lowest BCUT2D eigenvalue weighted by atomic mass is 9.68. The fourth-order valence-corrected chi connectivity index (χ4v) is 2.82. The number of hydrogen-bond acceptors (Lipinski definition) is 3. The van der Waals surface area contributed by atoms with Crippen LogP contribution in [0.25, 0.3) is 0 Å². The van der Waals surface area contributed by atoms with Crippen LogP contribution in [0.2, 0.25) is 0 Å². The summed E-state index contributed by atoms with van der Waals surface area (Å²) in [6, 6.07) is 6.94. The van der Waals surface area contributed by atoms with E-state index in [0.717, 1.165) is 31.2 Å². The number of nitro groups is 1. The van der Waals surface area contributed by atoms with E-state index in [0.29, 0.717) is 11.8 Å². The minimum absolute atomic E-state index is 0.192. The number of benzene rings is 1. The van der Waals surface area contributed by atoms with Crippen LogP contribution in [0.3, 0.4) is 0 Å². The van der Waals surface area contributed by atoms with E-state index in [-0.39, 0.29) is 16.1 Å². The van der Waals surface area contributed by atoms with Crippen molar-refractivity contribution in [3.05, 3.63) is 39.9 Å². The highest BCUT2D eigenvalue weighted by Gasteiger charge is 2.36. The van der Waals surface area contributed by atoms with Crippen LogP contribution in [0.1, 0.15) is 45.1 Å². The molecule has 2 rings (SSSR count). The van der Waals surface area contributed by atoms with Crippen molar-refractivity contribution in [3.63, 3.8) is 0 Å². The second kappa shape index (κ2) is 4.93. The average Bonchev–Trinajstić information content (AvgIpc) is 2.34. The number of nitro benzene ring substituents is 1. The van der Waals surface area contributed by atoms with E-state index in [1.54, 1.807) is 12.1 Å². The van der Waals surface area contributed by atoms with E-state index >= 15 is 0 Å². The van der Waals surface area contributed by atoms with Crippen molar-refractivity contribution in [1.29, 1.82) is 0 Å². The standard InChI is InChI=1S/C15H22N2O2/c1-14(2)7-9-15(16,10-8-14)11-12-5-3-4-6-13(12)17(18)19/h3-6H,7-11,16H2,1-2H3. The first-order valence-corrected chi connectivity index (χ1v) is 6.83. The third kappa shape index (κ3) is 3.32. The summed E-state index contributed by atoms with van der Waals surface area (Å²) in [5, 5.41) is 11.0. The van der Waals surface area contributed by atoms with Gasteiger partial charge in [0.25, 0.3) is 5.69 Å². The topological polar surface area (TPSA) is 69.2 Å². The van der Waals surface area contributed by atoms with Gasteiger partial charge in [-0.3, -0.25) is 10.1 Å². The van der Waals surface area contributed by atoms with Crippen molar-refractivity contribution in [2.24, 2.45) is 11.1 Å². The Bertz CT molecular complexity index is 473. The zero-order valence-corrected chi connectivity index (χ0v) is 11.7. The summed E-state index contributed by atoms with van der Waals surface area (Å²) in [5.41, 5.74) is 7.47. The Balaban J connectivity index is 2.15. The lowest BCUT2D eigenvalue weighted by Gasteiger charge is -2.41. The maximum Gasteiger partial charge on any atom is 0.272 e. The largest absolute Gasteiger partial charge is 0.325 e. The van der Waals surface area contributed by atoms with Gasteiger partial charge in [-0.1, -0.05) is 32.0 Å². The summed E-state index contributed by atoms with van der Waals surface area (Å²) in [6.45, 7) is 4.52. The molecule has 0 spiro atoms. The van der Waals surface area contributed by atoms with Crippen LogP contribution in [0.15, 0.2) is 24.3 Å². The number of rotatable bonds is 3. The molecule has 1 aromatic carbocycles. The Morgan fingerprint density at radius 2 is 1.79 bits per heavy atom. The molecule has 0 saturated heterocycles. The van der Waals surface area contributed by atoms with Gasteiger partial charge in [0, 0.05) is 17.2 Å². The van der Waals surface area contributed by atoms with E-state index in [2.05, 4.69) is 13.8 Å². The molecule has 1 aromatic rings. The van der Waals surface area contributed by atoms with E-state index < -0.39 is 0 Å².